The molecule has 13 nitrogen and oxygen atoms in total. The fourth-order valence-electron chi connectivity index (χ4n) is 5.21. The fourth-order valence-corrected chi connectivity index (χ4v) is 5.71. The number of hydrogen-bond acceptors (Lipinski definition) is 10. The van der Waals surface area contributed by atoms with Crippen molar-refractivity contribution in [2.45, 2.75) is 24.5 Å². The van der Waals surface area contributed by atoms with Gasteiger partial charge in [-0.25, -0.2) is 0 Å². The van der Waals surface area contributed by atoms with Crippen LogP contribution in [0.1, 0.15) is 22.3 Å². The van der Waals surface area contributed by atoms with Crippen molar-refractivity contribution in [3.05, 3.63) is 50.4 Å². The Hall–Kier alpha value is -2.82. The van der Waals surface area contributed by atoms with Crippen LogP contribution in [0.25, 0.3) is 0 Å². The number of ketones is 2. The Morgan fingerprint density at radius 3 is 2.22 bits per heavy atom. The second kappa shape index (κ2) is 9.24. The second-order valence-corrected chi connectivity index (χ2v) is 10.6. The number of nitrogens with two attached hydrogens (primary N) is 1. The van der Waals surface area contributed by atoms with E-state index in [1.165, 1.54) is 11.0 Å². The van der Waals surface area contributed by atoms with Crippen LogP contribution in [0, 0.1) is 11.8 Å². The molecule has 4 atom stereocenters. The van der Waals surface area contributed by atoms with Crippen LogP contribution in [0.4, 0.5) is 0 Å². The van der Waals surface area contributed by atoms with E-state index in [0.29, 0.717) is 10.0 Å². The lowest BCUT2D eigenvalue weighted by atomic mass is 9.58. The zero-order valence-corrected chi connectivity index (χ0v) is 21.2. The summed E-state index contributed by atoms with van der Waals surface area (Å²) in [6.45, 7) is 0. The quantitative estimate of drug-likeness (QED) is 0.181. The molecule has 0 saturated heterocycles. The number of amides is 1. The van der Waals surface area contributed by atoms with Crippen molar-refractivity contribution in [1.29, 1.82) is 0 Å². The highest BCUT2D eigenvalue weighted by atomic mass is 79.9. The van der Waals surface area contributed by atoms with Crippen LogP contribution in [0.5, 0.6) is 5.75 Å². The number of phenols is 1. The van der Waals surface area contributed by atoms with E-state index in [2.05, 4.69) is 15.9 Å². The Bertz CT molecular complexity index is 1340. The van der Waals surface area contributed by atoms with E-state index >= 15 is 0 Å². The number of rotatable bonds is 2. The molecule has 0 aromatic heterocycles. The number of allylic oxidation sites excluding steroid dienone is 1. The standard InChI is InChI=1S/C21H21BrN2O7.H2O4S/c1-24(2)15-9-6-7-5-8-10(22)3-4-11(25)13(8)16(26)12(7)18(28)21(9,31)19(29)14(17(15)27)20(23)30;1-5(2,3)4/h3-4,7,9,15,25,27-28,31H,5-6H2,1-2H3,(H2,23,30);(H2,1,2,3,4)/t7?,9?,15-,21-;/m0./s1. The summed E-state index contributed by atoms with van der Waals surface area (Å²) in [5.74, 6) is -6.56. The van der Waals surface area contributed by atoms with Gasteiger partial charge in [-0.05, 0) is 50.6 Å². The van der Waals surface area contributed by atoms with Gasteiger partial charge in [0.2, 0.25) is 5.78 Å². The number of hydrogen-bond donors (Lipinski definition) is 7. The van der Waals surface area contributed by atoms with Crippen molar-refractivity contribution < 1.29 is 52.3 Å². The molecule has 15 heteroatoms. The lowest BCUT2D eigenvalue weighted by molar-refractivity contribution is -0.148. The van der Waals surface area contributed by atoms with Gasteiger partial charge in [0.15, 0.2) is 11.4 Å². The SMILES string of the molecule is CN(C)[C@@H]1C(O)=C(C(N)=O)C(=O)[C@@]2(O)C(O)=C3C(=O)c4c(O)ccc(Br)c4CC3CC12.O=S(=O)(O)O. The van der Waals surface area contributed by atoms with Crippen LogP contribution in [0.3, 0.4) is 0 Å². The molecule has 36 heavy (non-hydrogen) atoms. The zero-order valence-electron chi connectivity index (χ0n) is 18.8. The number of primary amides is 1. The normalized spacial score (nSPS) is 27.7. The predicted octanol–water partition coefficient (Wildman–Crippen LogP) is 0.230. The van der Waals surface area contributed by atoms with E-state index in [4.69, 9.17) is 23.3 Å². The van der Waals surface area contributed by atoms with Crippen molar-refractivity contribution in [2.75, 3.05) is 14.1 Å². The minimum absolute atomic E-state index is 0.0184. The molecule has 0 aliphatic heterocycles. The molecule has 196 valence electrons. The first-order chi connectivity index (χ1) is 16.4. The van der Waals surface area contributed by atoms with Crippen molar-refractivity contribution in [1.82, 2.24) is 4.90 Å². The lowest BCUT2D eigenvalue weighted by Crippen LogP contribution is -2.63. The van der Waals surface area contributed by atoms with E-state index in [1.807, 2.05) is 0 Å². The topological polar surface area (TPSA) is 236 Å². The van der Waals surface area contributed by atoms with Gasteiger partial charge in [-0.15, -0.1) is 0 Å². The fraction of sp³-hybridized carbons (Fsp3) is 0.381. The number of carbonyl (C=O) groups excluding carboxylic acids is 3. The van der Waals surface area contributed by atoms with Gasteiger partial charge in [0.1, 0.15) is 22.8 Å². The predicted molar refractivity (Wildman–Crippen MR) is 126 cm³/mol. The number of likely N-dealkylation sites (N-methyl/N-ethyl adjacent to an activating group) is 1. The van der Waals surface area contributed by atoms with Gasteiger partial charge in [0, 0.05) is 16.0 Å². The van der Waals surface area contributed by atoms with Crippen molar-refractivity contribution >= 4 is 43.8 Å². The van der Waals surface area contributed by atoms with Gasteiger partial charge in [-0.2, -0.15) is 8.42 Å². The van der Waals surface area contributed by atoms with Gasteiger partial charge < -0.3 is 26.2 Å². The molecular weight excluding hydrogens is 568 g/mol. The van der Waals surface area contributed by atoms with E-state index in [9.17, 15) is 34.8 Å². The average Bonchev–Trinajstić information content (AvgIpc) is 2.71. The molecule has 0 heterocycles. The van der Waals surface area contributed by atoms with Gasteiger partial charge in [-0.1, -0.05) is 15.9 Å². The number of benzene rings is 1. The number of nitrogens with zero attached hydrogens (tertiary/aromatic N) is 1. The van der Waals surface area contributed by atoms with Crippen LogP contribution in [-0.2, 0) is 26.4 Å². The number of halogens is 1. The van der Waals surface area contributed by atoms with Crippen molar-refractivity contribution in [3.63, 3.8) is 0 Å². The minimum Gasteiger partial charge on any atom is -0.510 e. The number of aliphatic hydroxyl groups is 3. The van der Waals surface area contributed by atoms with Crippen LogP contribution in [0.15, 0.2) is 39.3 Å². The molecule has 4 rings (SSSR count). The molecule has 0 saturated carbocycles. The largest absolute Gasteiger partial charge is 0.510 e. The van der Waals surface area contributed by atoms with E-state index < -0.39 is 68.4 Å². The van der Waals surface area contributed by atoms with Crippen molar-refractivity contribution in [2.24, 2.45) is 17.6 Å². The summed E-state index contributed by atoms with van der Waals surface area (Å²) in [6, 6.07) is 1.94. The molecule has 0 spiro atoms. The Balaban J connectivity index is 0.000000658. The number of carbonyl (C=O) groups is 3. The highest BCUT2D eigenvalue weighted by Gasteiger charge is 2.63. The summed E-state index contributed by atoms with van der Waals surface area (Å²) in [5, 5.41) is 43.5. The van der Waals surface area contributed by atoms with Gasteiger partial charge in [-0.3, -0.25) is 28.4 Å². The third-order valence-electron chi connectivity index (χ3n) is 6.55. The number of fused-ring (bicyclic) bond motifs is 3. The molecule has 2 unspecified atom stereocenters. The Labute approximate surface area is 213 Å². The molecular formula is C21H23BrN2O11S. The molecule has 0 bridgehead atoms. The number of phenolic OH excluding ortho intramolecular Hbond substituents is 1. The third-order valence-corrected chi connectivity index (χ3v) is 7.29. The Morgan fingerprint density at radius 2 is 1.72 bits per heavy atom. The maximum Gasteiger partial charge on any atom is 0.394 e. The summed E-state index contributed by atoms with van der Waals surface area (Å²) in [5.41, 5.74) is 2.21. The summed E-state index contributed by atoms with van der Waals surface area (Å²) < 4.78 is 32.2. The minimum atomic E-state index is -4.67. The Kier molecular flexibility index (Phi) is 7.13. The molecule has 1 aromatic rings. The monoisotopic (exact) mass is 590 g/mol. The zero-order chi connectivity index (χ0) is 27.5. The first-order valence-corrected chi connectivity index (χ1v) is 12.5. The lowest BCUT2D eigenvalue weighted by Gasteiger charge is -2.50. The summed E-state index contributed by atoms with van der Waals surface area (Å²) in [4.78, 5) is 39.8. The highest BCUT2D eigenvalue weighted by Crippen LogP contribution is 2.52. The van der Waals surface area contributed by atoms with Crippen LogP contribution >= 0.6 is 15.9 Å². The third kappa shape index (κ3) is 4.42. The number of aromatic hydroxyl groups is 1. The van der Waals surface area contributed by atoms with Crippen LogP contribution in [-0.4, -0.2) is 86.1 Å². The molecule has 8 N–H and O–H groups in total. The molecule has 0 fully saturated rings. The van der Waals surface area contributed by atoms with E-state index in [1.54, 1.807) is 20.2 Å². The first-order valence-electron chi connectivity index (χ1n) is 10.3. The summed E-state index contributed by atoms with van der Waals surface area (Å²) in [7, 11) is -1.50. The second-order valence-electron chi connectivity index (χ2n) is 8.83. The van der Waals surface area contributed by atoms with E-state index in [-0.39, 0.29) is 29.7 Å². The maximum absolute atomic E-state index is 13.3. The van der Waals surface area contributed by atoms with Gasteiger partial charge >= 0.3 is 10.4 Å². The van der Waals surface area contributed by atoms with E-state index in [0.717, 1.165) is 0 Å². The molecule has 0 radical (unpaired) electrons. The van der Waals surface area contributed by atoms with Crippen LogP contribution < -0.4 is 5.73 Å². The number of aliphatic hydroxyl groups excluding tert-OH is 2. The van der Waals surface area contributed by atoms with Gasteiger partial charge in [0.05, 0.1) is 11.6 Å². The molecule has 3 aliphatic carbocycles. The summed E-state index contributed by atoms with van der Waals surface area (Å²) >= 11 is 3.38. The highest BCUT2D eigenvalue weighted by molar-refractivity contribution is 9.10. The average molecular weight is 591 g/mol. The molecule has 1 amide bonds. The Morgan fingerprint density at radius 1 is 1.17 bits per heavy atom. The van der Waals surface area contributed by atoms with Crippen LogP contribution in [0.2, 0.25) is 0 Å². The summed E-state index contributed by atoms with van der Waals surface area (Å²) in [6.07, 6.45) is 0.317. The van der Waals surface area contributed by atoms with Gasteiger partial charge in [0.25, 0.3) is 5.91 Å². The smallest absolute Gasteiger partial charge is 0.394 e. The number of Topliss-reactive ketones (excluding diaryl/α,β-unsaturated/α-hetero) is 2. The maximum atomic E-state index is 13.3. The first kappa shape index (κ1) is 27.8. The molecule has 1 aromatic carbocycles. The van der Waals surface area contributed by atoms with Crippen molar-refractivity contribution in [3.8, 4) is 5.75 Å². The molecule has 3 aliphatic rings.